The zero-order valence-electron chi connectivity index (χ0n) is 11.9. The molecule has 0 radical (unpaired) electrons. The second kappa shape index (κ2) is 5.17. The summed E-state index contributed by atoms with van der Waals surface area (Å²) in [7, 11) is 0. The van der Waals surface area contributed by atoms with E-state index >= 15 is 0 Å². The Balaban J connectivity index is 1.98. The summed E-state index contributed by atoms with van der Waals surface area (Å²) in [4.78, 5) is 14.2. The average molecular weight is 253 g/mol. The summed E-state index contributed by atoms with van der Waals surface area (Å²) in [5.74, 6) is 0.410. The van der Waals surface area contributed by atoms with Crippen molar-refractivity contribution >= 4 is 5.91 Å². The maximum atomic E-state index is 11.8. The highest BCUT2D eigenvalue weighted by Crippen LogP contribution is 2.30. The molecular formula is C14H27N3O. The standard InChI is InChI=1S/C14H27N3O/c1-10(2)8-17(12-6-7-12)9-14(3,13(15)18)16-11-4-5-11/h10-12,16H,4-9H2,1-3H3,(H2,15,18). The molecule has 3 N–H and O–H groups in total. The molecule has 0 bridgehead atoms. The zero-order valence-corrected chi connectivity index (χ0v) is 11.9. The molecule has 4 nitrogen and oxygen atoms in total. The van der Waals surface area contributed by atoms with Crippen LogP contribution >= 0.6 is 0 Å². The van der Waals surface area contributed by atoms with Crippen LogP contribution in [0.4, 0.5) is 0 Å². The molecule has 104 valence electrons. The van der Waals surface area contributed by atoms with Crippen LogP contribution in [0.3, 0.4) is 0 Å². The van der Waals surface area contributed by atoms with Crippen LogP contribution in [0.1, 0.15) is 46.5 Å². The molecule has 0 aromatic rings. The molecular weight excluding hydrogens is 226 g/mol. The van der Waals surface area contributed by atoms with Crippen molar-refractivity contribution in [1.82, 2.24) is 10.2 Å². The first-order chi connectivity index (χ1) is 8.40. The summed E-state index contributed by atoms with van der Waals surface area (Å²) in [6.07, 6.45) is 4.89. The third kappa shape index (κ3) is 3.69. The SMILES string of the molecule is CC(C)CN(CC(C)(NC1CC1)C(N)=O)C1CC1. The minimum atomic E-state index is -0.571. The molecule has 2 rings (SSSR count). The molecule has 1 amide bonds. The van der Waals surface area contributed by atoms with Gasteiger partial charge in [-0.1, -0.05) is 13.8 Å². The lowest BCUT2D eigenvalue weighted by atomic mass is 9.99. The summed E-state index contributed by atoms with van der Waals surface area (Å²) in [6.45, 7) is 8.22. The lowest BCUT2D eigenvalue weighted by Gasteiger charge is -2.35. The lowest BCUT2D eigenvalue weighted by molar-refractivity contribution is -0.124. The van der Waals surface area contributed by atoms with Crippen molar-refractivity contribution < 1.29 is 4.79 Å². The van der Waals surface area contributed by atoms with E-state index in [-0.39, 0.29) is 5.91 Å². The van der Waals surface area contributed by atoms with Crippen molar-refractivity contribution in [3.8, 4) is 0 Å². The highest BCUT2D eigenvalue weighted by molar-refractivity contribution is 5.84. The number of hydrogen-bond acceptors (Lipinski definition) is 3. The number of nitrogens with one attached hydrogen (secondary N) is 1. The van der Waals surface area contributed by atoms with Gasteiger partial charge in [0.15, 0.2) is 0 Å². The topological polar surface area (TPSA) is 58.4 Å². The largest absolute Gasteiger partial charge is 0.368 e. The zero-order chi connectivity index (χ0) is 13.3. The van der Waals surface area contributed by atoms with E-state index in [1.54, 1.807) is 0 Å². The minimum Gasteiger partial charge on any atom is -0.368 e. The number of hydrogen-bond donors (Lipinski definition) is 2. The normalized spacial score (nSPS) is 23.4. The van der Waals surface area contributed by atoms with Gasteiger partial charge in [0.05, 0.1) is 0 Å². The molecule has 0 aromatic heterocycles. The fraction of sp³-hybridized carbons (Fsp3) is 0.929. The predicted molar refractivity (Wildman–Crippen MR) is 73.2 cm³/mol. The minimum absolute atomic E-state index is 0.219. The van der Waals surface area contributed by atoms with E-state index < -0.39 is 5.54 Å². The average Bonchev–Trinajstić information content (AvgIpc) is 3.11. The van der Waals surface area contributed by atoms with Gasteiger partial charge in [-0.2, -0.15) is 0 Å². The molecule has 0 aromatic carbocycles. The fourth-order valence-electron chi connectivity index (χ4n) is 2.53. The third-order valence-electron chi connectivity index (χ3n) is 3.83. The van der Waals surface area contributed by atoms with Gasteiger partial charge in [0.25, 0.3) is 0 Å². The molecule has 2 aliphatic rings. The quantitative estimate of drug-likeness (QED) is 0.681. The molecule has 0 spiro atoms. The van der Waals surface area contributed by atoms with Crippen LogP contribution in [0.5, 0.6) is 0 Å². The Morgan fingerprint density at radius 1 is 1.39 bits per heavy atom. The molecule has 2 fully saturated rings. The molecule has 0 aliphatic heterocycles. The first-order valence-electron chi connectivity index (χ1n) is 7.22. The number of carbonyl (C=O) groups is 1. The maximum absolute atomic E-state index is 11.8. The van der Waals surface area contributed by atoms with Crippen molar-refractivity contribution in [2.75, 3.05) is 13.1 Å². The van der Waals surface area contributed by atoms with E-state index in [0.29, 0.717) is 18.0 Å². The number of primary amides is 1. The van der Waals surface area contributed by atoms with Crippen LogP contribution in [0.2, 0.25) is 0 Å². The first-order valence-corrected chi connectivity index (χ1v) is 7.22. The summed E-state index contributed by atoms with van der Waals surface area (Å²) in [5.41, 5.74) is 5.05. The molecule has 0 heterocycles. The van der Waals surface area contributed by atoms with Gasteiger partial charge in [0.2, 0.25) is 5.91 Å². The summed E-state index contributed by atoms with van der Waals surface area (Å²) < 4.78 is 0. The van der Waals surface area contributed by atoms with Gasteiger partial charge in [-0.3, -0.25) is 15.0 Å². The van der Waals surface area contributed by atoms with E-state index in [1.165, 1.54) is 25.7 Å². The van der Waals surface area contributed by atoms with Crippen LogP contribution in [-0.4, -0.2) is 41.5 Å². The Labute approximate surface area is 110 Å². The summed E-state index contributed by atoms with van der Waals surface area (Å²) in [6, 6.07) is 1.18. The summed E-state index contributed by atoms with van der Waals surface area (Å²) >= 11 is 0. The lowest BCUT2D eigenvalue weighted by Crippen LogP contribution is -2.60. The maximum Gasteiger partial charge on any atom is 0.238 e. The first kappa shape index (κ1) is 13.8. The van der Waals surface area contributed by atoms with Crippen molar-refractivity contribution in [3.63, 3.8) is 0 Å². The van der Waals surface area contributed by atoms with Crippen LogP contribution in [0, 0.1) is 5.92 Å². The van der Waals surface area contributed by atoms with Crippen LogP contribution in [-0.2, 0) is 4.79 Å². The molecule has 2 aliphatic carbocycles. The number of carbonyl (C=O) groups excluding carboxylic acids is 1. The Morgan fingerprint density at radius 2 is 2.00 bits per heavy atom. The second-order valence-corrected chi connectivity index (χ2v) is 6.67. The Bertz CT molecular complexity index is 310. The van der Waals surface area contributed by atoms with Crippen molar-refractivity contribution in [2.45, 2.75) is 64.1 Å². The van der Waals surface area contributed by atoms with E-state index in [2.05, 4.69) is 24.1 Å². The van der Waals surface area contributed by atoms with E-state index in [1.807, 2.05) is 6.92 Å². The molecule has 1 unspecified atom stereocenters. The predicted octanol–water partition coefficient (Wildman–Crippen LogP) is 1.10. The Kier molecular flexibility index (Phi) is 3.97. The Hall–Kier alpha value is -0.610. The number of nitrogens with two attached hydrogens (primary N) is 1. The highest BCUT2D eigenvalue weighted by Gasteiger charge is 2.41. The smallest absolute Gasteiger partial charge is 0.238 e. The molecule has 4 heteroatoms. The number of amides is 1. The van der Waals surface area contributed by atoms with E-state index in [9.17, 15) is 4.79 Å². The van der Waals surface area contributed by atoms with Gasteiger partial charge in [0.1, 0.15) is 5.54 Å². The van der Waals surface area contributed by atoms with Crippen LogP contribution < -0.4 is 11.1 Å². The van der Waals surface area contributed by atoms with Crippen molar-refractivity contribution in [3.05, 3.63) is 0 Å². The number of nitrogens with zero attached hydrogens (tertiary/aromatic N) is 1. The van der Waals surface area contributed by atoms with Crippen LogP contribution in [0.15, 0.2) is 0 Å². The van der Waals surface area contributed by atoms with Gasteiger partial charge < -0.3 is 5.73 Å². The number of rotatable bonds is 8. The monoisotopic (exact) mass is 253 g/mol. The van der Waals surface area contributed by atoms with E-state index in [4.69, 9.17) is 5.73 Å². The van der Waals surface area contributed by atoms with Gasteiger partial charge >= 0.3 is 0 Å². The van der Waals surface area contributed by atoms with Gasteiger partial charge in [-0.05, 0) is 38.5 Å². The van der Waals surface area contributed by atoms with Gasteiger partial charge in [0, 0.05) is 25.2 Å². The van der Waals surface area contributed by atoms with Gasteiger partial charge in [-0.25, -0.2) is 0 Å². The fourth-order valence-corrected chi connectivity index (χ4v) is 2.53. The second-order valence-electron chi connectivity index (χ2n) is 6.67. The van der Waals surface area contributed by atoms with Crippen molar-refractivity contribution in [1.29, 1.82) is 0 Å². The molecule has 1 atom stereocenters. The van der Waals surface area contributed by atoms with Crippen LogP contribution in [0.25, 0.3) is 0 Å². The van der Waals surface area contributed by atoms with Crippen molar-refractivity contribution in [2.24, 2.45) is 11.7 Å². The van der Waals surface area contributed by atoms with E-state index in [0.717, 1.165) is 13.1 Å². The Morgan fingerprint density at radius 3 is 2.39 bits per heavy atom. The third-order valence-corrected chi connectivity index (χ3v) is 3.83. The highest BCUT2D eigenvalue weighted by atomic mass is 16.1. The molecule has 2 saturated carbocycles. The van der Waals surface area contributed by atoms with Gasteiger partial charge in [-0.15, -0.1) is 0 Å². The molecule has 0 saturated heterocycles. The summed E-state index contributed by atoms with van der Waals surface area (Å²) in [5, 5.41) is 3.44. The molecule has 18 heavy (non-hydrogen) atoms.